The van der Waals surface area contributed by atoms with E-state index in [2.05, 4.69) is 5.32 Å². The van der Waals surface area contributed by atoms with Crippen LogP contribution in [0.15, 0.2) is 47.4 Å². The molecule has 0 aliphatic rings. The minimum atomic E-state index is -4.60. The van der Waals surface area contributed by atoms with Crippen molar-refractivity contribution in [2.75, 3.05) is 11.9 Å². The highest BCUT2D eigenvalue weighted by Crippen LogP contribution is 2.29. The summed E-state index contributed by atoms with van der Waals surface area (Å²) in [5.41, 5.74) is -2.26. The molecule has 0 aliphatic carbocycles. The normalized spacial score (nSPS) is 11.1. The second-order valence-corrected chi connectivity index (χ2v) is 4.94. The summed E-state index contributed by atoms with van der Waals surface area (Å²) in [7, 11) is 0. The molecule has 2 rings (SSSR count). The number of anilines is 1. The Balaban J connectivity index is 1.85. The van der Waals surface area contributed by atoms with Gasteiger partial charge < -0.3 is 15.0 Å². The van der Waals surface area contributed by atoms with Gasteiger partial charge in [0.2, 0.25) is 5.91 Å². The molecular weight excluding hydrogens is 325 g/mol. The Labute approximate surface area is 135 Å². The van der Waals surface area contributed by atoms with Gasteiger partial charge in [-0.3, -0.25) is 9.59 Å². The summed E-state index contributed by atoms with van der Waals surface area (Å²) in [5.74, 6) is 0.101. The molecule has 5 nitrogen and oxygen atoms in total. The lowest BCUT2D eigenvalue weighted by Gasteiger charge is -2.09. The van der Waals surface area contributed by atoms with Gasteiger partial charge in [0.05, 0.1) is 12.2 Å². The van der Waals surface area contributed by atoms with Crippen LogP contribution in [0, 0.1) is 0 Å². The van der Waals surface area contributed by atoms with Crippen molar-refractivity contribution >= 4 is 11.6 Å². The minimum absolute atomic E-state index is 0.0164. The van der Waals surface area contributed by atoms with Crippen LogP contribution in [-0.2, 0) is 11.0 Å². The molecule has 0 radical (unpaired) electrons. The molecule has 1 aromatic carbocycles. The zero-order valence-electron chi connectivity index (χ0n) is 12.5. The molecule has 1 aromatic heterocycles. The molecule has 24 heavy (non-hydrogen) atoms. The van der Waals surface area contributed by atoms with Crippen LogP contribution >= 0.6 is 0 Å². The van der Waals surface area contributed by atoms with Crippen LogP contribution in [0.5, 0.6) is 5.75 Å². The third-order valence-corrected chi connectivity index (χ3v) is 3.06. The Morgan fingerprint density at radius 3 is 2.58 bits per heavy atom. The molecule has 0 saturated heterocycles. The summed E-state index contributed by atoms with van der Waals surface area (Å²) < 4.78 is 43.2. The zero-order valence-corrected chi connectivity index (χ0v) is 12.5. The first-order chi connectivity index (χ1) is 11.4. The van der Waals surface area contributed by atoms with E-state index in [0.717, 1.165) is 0 Å². The van der Waals surface area contributed by atoms with Crippen LogP contribution in [0.1, 0.15) is 18.4 Å². The smallest absolute Gasteiger partial charge is 0.417 e. The van der Waals surface area contributed by atoms with E-state index in [-0.39, 0.29) is 13.0 Å². The summed E-state index contributed by atoms with van der Waals surface area (Å²) in [5, 5.41) is 2.18. The third-order valence-electron chi connectivity index (χ3n) is 3.06. The molecule has 0 bridgehead atoms. The number of aromatic amines is 1. The monoisotopic (exact) mass is 340 g/mol. The Morgan fingerprint density at radius 1 is 1.21 bits per heavy atom. The molecule has 2 N–H and O–H groups in total. The highest BCUT2D eigenvalue weighted by Gasteiger charge is 2.31. The number of nitrogens with one attached hydrogen (secondary N) is 2. The molecule has 1 amide bonds. The van der Waals surface area contributed by atoms with Gasteiger partial charge in [-0.15, -0.1) is 0 Å². The fourth-order valence-electron chi connectivity index (χ4n) is 1.89. The van der Waals surface area contributed by atoms with E-state index in [1.165, 1.54) is 0 Å². The van der Waals surface area contributed by atoms with E-state index in [4.69, 9.17) is 4.74 Å². The summed E-state index contributed by atoms with van der Waals surface area (Å²) in [6, 6.07) is 9.60. The van der Waals surface area contributed by atoms with Gasteiger partial charge in [-0.1, -0.05) is 18.2 Å². The lowest BCUT2D eigenvalue weighted by Crippen LogP contribution is -2.21. The Bertz CT molecular complexity index is 742. The molecule has 0 unspecified atom stereocenters. The third kappa shape index (κ3) is 5.15. The molecule has 1 heterocycles. The van der Waals surface area contributed by atoms with Crippen molar-refractivity contribution < 1.29 is 22.7 Å². The molecule has 8 heteroatoms. The average molecular weight is 340 g/mol. The van der Waals surface area contributed by atoms with Crippen molar-refractivity contribution in [2.24, 2.45) is 0 Å². The Morgan fingerprint density at radius 2 is 1.92 bits per heavy atom. The maximum atomic E-state index is 12.6. The molecule has 0 atom stereocenters. The van der Waals surface area contributed by atoms with Gasteiger partial charge in [0.1, 0.15) is 11.4 Å². The number of alkyl halides is 3. The number of pyridine rings is 1. The summed E-state index contributed by atoms with van der Waals surface area (Å²) in [4.78, 5) is 25.2. The van der Waals surface area contributed by atoms with Crippen LogP contribution in [0.2, 0.25) is 0 Å². The molecule has 0 spiro atoms. The SMILES string of the molecule is O=C(CCCOc1ccccc1)Nc1cc(C(F)(F)F)c[nH]c1=O. The van der Waals surface area contributed by atoms with Crippen molar-refractivity contribution in [2.45, 2.75) is 19.0 Å². The van der Waals surface area contributed by atoms with Crippen molar-refractivity contribution in [3.05, 3.63) is 58.5 Å². The summed E-state index contributed by atoms with van der Waals surface area (Å²) >= 11 is 0. The number of hydrogen-bond acceptors (Lipinski definition) is 3. The highest BCUT2D eigenvalue weighted by atomic mass is 19.4. The lowest BCUT2D eigenvalue weighted by atomic mass is 10.2. The van der Waals surface area contributed by atoms with E-state index in [1.54, 1.807) is 12.1 Å². The molecular formula is C16H15F3N2O3. The number of rotatable bonds is 6. The number of aromatic nitrogens is 1. The standard InChI is InChI=1S/C16H15F3N2O3/c17-16(18,19)11-9-13(15(23)20-10-11)21-14(22)7-4-8-24-12-5-2-1-3-6-12/h1-3,5-6,9-10H,4,7-8H2,(H,20,23)(H,21,22). The first-order valence-electron chi connectivity index (χ1n) is 7.14. The Hall–Kier alpha value is -2.77. The van der Waals surface area contributed by atoms with E-state index in [1.807, 2.05) is 23.2 Å². The van der Waals surface area contributed by atoms with Crippen LogP contribution in [0.3, 0.4) is 0 Å². The van der Waals surface area contributed by atoms with E-state index in [0.29, 0.717) is 24.4 Å². The number of benzene rings is 1. The summed E-state index contributed by atoms with van der Waals surface area (Å²) in [6.45, 7) is 0.274. The molecule has 0 fully saturated rings. The van der Waals surface area contributed by atoms with Gasteiger partial charge in [0, 0.05) is 12.6 Å². The number of ether oxygens (including phenoxy) is 1. The minimum Gasteiger partial charge on any atom is -0.494 e. The van der Waals surface area contributed by atoms with Gasteiger partial charge in [-0.25, -0.2) is 0 Å². The number of carbonyl (C=O) groups is 1. The quantitative estimate of drug-likeness (QED) is 0.794. The summed E-state index contributed by atoms with van der Waals surface area (Å²) in [6.07, 6.45) is -3.67. The number of para-hydroxylation sites is 1. The predicted molar refractivity (Wildman–Crippen MR) is 81.9 cm³/mol. The van der Waals surface area contributed by atoms with Gasteiger partial charge in [-0.05, 0) is 24.6 Å². The maximum absolute atomic E-state index is 12.6. The number of H-pyrrole nitrogens is 1. The van der Waals surface area contributed by atoms with Crippen LogP contribution in [-0.4, -0.2) is 17.5 Å². The number of carbonyl (C=O) groups excluding carboxylic acids is 1. The number of hydrogen-bond donors (Lipinski definition) is 2. The number of amides is 1. The maximum Gasteiger partial charge on any atom is 0.417 e. The largest absolute Gasteiger partial charge is 0.494 e. The van der Waals surface area contributed by atoms with E-state index in [9.17, 15) is 22.8 Å². The van der Waals surface area contributed by atoms with Crippen molar-refractivity contribution in [3.63, 3.8) is 0 Å². The molecule has 0 aliphatic heterocycles. The van der Waals surface area contributed by atoms with Crippen molar-refractivity contribution in [1.82, 2.24) is 4.98 Å². The molecule has 0 saturated carbocycles. The predicted octanol–water partition coefficient (Wildman–Crippen LogP) is 3.19. The zero-order chi connectivity index (χ0) is 17.6. The van der Waals surface area contributed by atoms with Gasteiger partial charge in [0.15, 0.2) is 0 Å². The second-order valence-electron chi connectivity index (χ2n) is 4.94. The van der Waals surface area contributed by atoms with Gasteiger partial charge in [0.25, 0.3) is 5.56 Å². The molecule has 2 aromatic rings. The fourth-order valence-corrected chi connectivity index (χ4v) is 1.89. The van der Waals surface area contributed by atoms with E-state index >= 15 is 0 Å². The Kier molecular flexibility index (Phi) is 5.62. The van der Waals surface area contributed by atoms with Gasteiger partial charge in [-0.2, -0.15) is 13.2 Å². The second kappa shape index (κ2) is 7.67. The first kappa shape index (κ1) is 17.6. The highest BCUT2D eigenvalue weighted by molar-refractivity contribution is 5.90. The fraction of sp³-hybridized carbons (Fsp3) is 0.250. The average Bonchev–Trinajstić information content (AvgIpc) is 2.53. The van der Waals surface area contributed by atoms with Crippen LogP contribution < -0.4 is 15.6 Å². The number of halogens is 3. The van der Waals surface area contributed by atoms with Crippen LogP contribution in [0.4, 0.5) is 18.9 Å². The first-order valence-corrected chi connectivity index (χ1v) is 7.14. The van der Waals surface area contributed by atoms with Crippen molar-refractivity contribution in [1.29, 1.82) is 0 Å². The van der Waals surface area contributed by atoms with E-state index < -0.39 is 28.9 Å². The lowest BCUT2D eigenvalue weighted by molar-refractivity contribution is -0.137. The topological polar surface area (TPSA) is 71.2 Å². The van der Waals surface area contributed by atoms with Crippen molar-refractivity contribution in [3.8, 4) is 5.75 Å². The van der Waals surface area contributed by atoms with Gasteiger partial charge >= 0.3 is 6.18 Å². The van der Waals surface area contributed by atoms with Crippen LogP contribution in [0.25, 0.3) is 0 Å². The molecule has 128 valence electrons.